The van der Waals surface area contributed by atoms with E-state index in [4.69, 9.17) is 4.98 Å². The number of nitrogens with zero attached hydrogens (tertiary/aromatic N) is 1. The van der Waals surface area contributed by atoms with Gasteiger partial charge in [0.15, 0.2) is 0 Å². The number of rotatable bonds is 6. The number of thiazole rings is 1. The lowest BCUT2D eigenvalue weighted by Gasteiger charge is -2.22. The van der Waals surface area contributed by atoms with E-state index in [1.165, 1.54) is 55.6 Å². The molecule has 0 amide bonds. The smallest absolute Gasteiger partial charge is 0.103 e. The molecule has 1 heterocycles. The van der Waals surface area contributed by atoms with Crippen LogP contribution in [0.1, 0.15) is 73.9 Å². The minimum Gasteiger partial charge on any atom is -0.314 e. The van der Waals surface area contributed by atoms with E-state index in [2.05, 4.69) is 30.9 Å². The number of fused-ring (bicyclic) bond motifs is 1. The second-order valence-corrected chi connectivity index (χ2v) is 9.24. The van der Waals surface area contributed by atoms with Gasteiger partial charge in [0.2, 0.25) is 0 Å². The van der Waals surface area contributed by atoms with Gasteiger partial charge in [0.05, 0.1) is 5.69 Å². The normalized spacial score (nSPS) is 22.9. The summed E-state index contributed by atoms with van der Waals surface area (Å²) in [5.74, 6) is 1.80. The Hall–Kier alpha value is -0.0600. The molecule has 0 saturated heterocycles. The molecular formula is C17H28N2S2. The largest absolute Gasteiger partial charge is 0.314 e. The maximum atomic E-state index is 5.03. The Balaban J connectivity index is 1.60. The van der Waals surface area contributed by atoms with Gasteiger partial charge >= 0.3 is 0 Å². The van der Waals surface area contributed by atoms with Crippen LogP contribution in [-0.2, 0) is 12.2 Å². The van der Waals surface area contributed by atoms with Crippen LogP contribution >= 0.6 is 23.1 Å². The van der Waals surface area contributed by atoms with Gasteiger partial charge in [-0.15, -0.1) is 11.3 Å². The number of thioether (sulfide) groups is 1. The minimum atomic E-state index is 0.575. The van der Waals surface area contributed by atoms with Gasteiger partial charge in [-0.3, -0.25) is 0 Å². The third-order valence-corrected chi connectivity index (χ3v) is 7.33. The first-order chi connectivity index (χ1) is 10.2. The van der Waals surface area contributed by atoms with Crippen molar-refractivity contribution in [2.45, 2.75) is 81.8 Å². The van der Waals surface area contributed by atoms with Crippen molar-refractivity contribution in [3.8, 4) is 0 Å². The third-order valence-electron chi connectivity index (χ3n) is 4.63. The van der Waals surface area contributed by atoms with Crippen LogP contribution in [0, 0.1) is 0 Å². The van der Waals surface area contributed by atoms with Crippen molar-refractivity contribution >= 4 is 23.1 Å². The first-order valence-corrected chi connectivity index (χ1v) is 10.4. The molecule has 1 fully saturated rings. The average Bonchev–Trinajstić information content (AvgIpc) is 3.11. The first kappa shape index (κ1) is 15.8. The molecule has 2 aliphatic carbocycles. The van der Waals surface area contributed by atoms with Gasteiger partial charge in [0, 0.05) is 34.4 Å². The highest BCUT2D eigenvalue weighted by molar-refractivity contribution is 7.99. The molecule has 2 aliphatic rings. The van der Waals surface area contributed by atoms with Crippen molar-refractivity contribution < 1.29 is 0 Å². The van der Waals surface area contributed by atoms with Crippen LogP contribution in [0.5, 0.6) is 0 Å². The van der Waals surface area contributed by atoms with Gasteiger partial charge in [0.1, 0.15) is 5.01 Å². The lowest BCUT2D eigenvalue weighted by molar-refractivity contribution is 0.474. The van der Waals surface area contributed by atoms with Crippen LogP contribution in [0.3, 0.4) is 0 Å². The number of hydrogen-bond donors (Lipinski definition) is 1. The molecule has 0 spiro atoms. The van der Waals surface area contributed by atoms with Crippen LogP contribution in [0.4, 0.5) is 0 Å². The molecule has 0 radical (unpaired) electrons. The molecule has 1 atom stereocenters. The monoisotopic (exact) mass is 324 g/mol. The number of nitrogens with one attached hydrogen (secondary N) is 1. The lowest BCUT2D eigenvalue weighted by atomic mass is 9.91. The van der Waals surface area contributed by atoms with E-state index < -0.39 is 0 Å². The fourth-order valence-electron chi connectivity index (χ4n) is 3.44. The molecular weight excluding hydrogens is 296 g/mol. The second-order valence-electron chi connectivity index (χ2n) is 6.79. The topological polar surface area (TPSA) is 24.9 Å². The van der Waals surface area contributed by atoms with Gasteiger partial charge < -0.3 is 5.32 Å². The van der Waals surface area contributed by atoms with E-state index in [-0.39, 0.29) is 0 Å². The zero-order valence-electron chi connectivity index (χ0n) is 13.4. The summed E-state index contributed by atoms with van der Waals surface area (Å²) in [4.78, 5) is 6.61. The number of aryl methyl sites for hydroxylation is 1. The molecule has 1 N–H and O–H groups in total. The summed E-state index contributed by atoms with van der Waals surface area (Å²) < 4.78 is 0. The fraction of sp³-hybridized carbons (Fsp3) is 0.824. The van der Waals surface area contributed by atoms with Crippen LogP contribution in [0.25, 0.3) is 0 Å². The maximum Gasteiger partial charge on any atom is 0.103 e. The summed E-state index contributed by atoms with van der Waals surface area (Å²) >= 11 is 4.15. The Morgan fingerprint density at radius 3 is 2.81 bits per heavy atom. The number of aromatic nitrogens is 1. The summed E-state index contributed by atoms with van der Waals surface area (Å²) in [5, 5.41) is 5.89. The van der Waals surface area contributed by atoms with Crippen molar-refractivity contribution in [1.82, 2.24) is 10.3 Å². The van der Waals surface area contributed by atoms with Crippen LogP contribution in [0.2, 0.25) is 0 Å². The summed E-state index contributed by atoms with van der Waals surface area (Å²) in [7, 11) is 0. The SMILES string of the molecule is CC(C)NCC1CCCc2sc(CSC3CCCC3)nc21. The van der Waals surface area contributed by atoms with E-state index in [1.807, 2.05) is 11.3 Å². The zero-order chi connectivity index (χ0) is 14.7. The van der Waals surface area contributed by atoms with E-state index in [0.717, 1.165) is 17.5 Å². The Kier molecular flexibility index (Phi) is 5.63. The fourth-order valence-corrected chi connectivity index (χ4v) is 5.98. The highest BCUT2D eigenvalue weighted by Crippen LogP contribution is 2.37. The predicted octanol–water partition coefficient (Wildman–Crippen LogP) is 4.74. The standard InChI is InChI=1S/C17H28N2S2/c1-12(2)18-10-13-6-5-9-15-17(13)19-16(21-15)11-20-14-7-3-4-8-14/h12-14,18H,3-11H2,1-2H3. The summed E-state index contributed by atoms with van der Waals surface area (Å²) in [6, 6.07) is 0.575. The molecule has 21 heavy (non-hydrogen) atoms. The minimum absolute atomic E-state index is 0.575. The van der Waals surface area contributed by atoms with Crippen LogP contribution in [-0.4, -0.2) is 22.8 Å². The van der Waals surface area contributed by atoms with Crippen LogP contribution < -0.4 is 5.32 Å². The summed E-state index contributed by atoms with van der Waals surface area (Å²) in [6.45, 7) is 5.56. The molecule has 0 aromatic carbocycles. The van der Waals surface area contributed by atoms with Gasteiger partial charge in [-0.05, 0) is 32.1 Å². The molecule has 4 heteroatoms. The van der Waals surface area contributed by atoms with Crippen molar-refractivity contribution in [2.75, 3.05) is 6.54 Å². The molecule has 2 nitrogen and oxygen atoms in total. The van der Waals surface area contributed by atoms with E-state index in [0.29, 0.717) is 12.0 Å². The maximum absolute atomic E-state index is 5.03. The van der Waals surface area contributed by atoms with E-state index in [1.54, 1.807) is 4.88 Å². The molecule has 0 aliphatic heterocycles. The van der Waals surface area contributed by atoms with Gasteiger partial charge in [0.25, 0.3) is 0 Å². The molecule has 1 aromatic heterocycles. The number of hydrogen-bond acceptors (Lipinski definition) is 4. The molecule has 1 saturated carbocycles. The van der Waals surface area contributed by atoms with Crippen molar-refractivity contribution in [1.29, 1.82) is 0 Å². The predicted molar refractivity (Wildman–Crippen MR) is 94.5 cm³/mol. The lowest BCUT2D eigenvalue weighted by Crippen LogP contribution is -2.29. The molecule has 3 rings (SSSR count). The zero-order valence-corrected chi connectivity index (χ0v) is 15.0. The van der Waals surface area contributed by atoms with E-state index in [9.17, 15) is 0 Å². The van der Waals surface area contributed by atoms with Gasteiger partial charge in [-0.2, -0.15) is 11.8 Å². The van der Waals surface area contributed by atoms with Gasteiger partial charge in [-0.25, -0.2) is 4.98 Å². The Morgan fingerprint density at radius 2 is 2.05 bits per heavy atom. The highest BCUT2D eigenvalue weighted by atomic mass is 32.2. The van der Waals surface area contributed by atoms with Crippen LogP contribution in [0.15, 0.2) is 0 Å². The highest BCUT2D eigenvalue weighted by Gasteiger charge is 2.25. The quantitative estimate of drug-likeness (QED) is 0.818. The summed E-state index contributed by atoms with van der Waals surface area (Å²) in [5.41, 5.74) is 1.43. The van der Waals surface area contributed by atoms with Gasteiger partial charge in [-0.1, -0.05) is 26.7 Å². The average molecular weight is 325 g/mol. The summed E-state index contributed by atoms with van der Waals surface area (Å²) in [6.07, 6.45) is 9.65. The molecule has 1 unspecified atom stereocenters. The van der Waals surface area contributed by atoms with Crippen molar-refractivity contribution in [3.63, 3.8) is 0 Å². The first-order valence-electron chi connectivity index (χ1n) is 8.56. The van der Waals surface area contributed by atoms with E-state index >= 15 is 0 Å². The molecule has 0 bridgehead atoms. The second kappa shape index (κ2) is 7.47. The molecule has 1 aromatic rings. The Bertz CT molecular complexity index is 450. The van der Waals surface area contributed by atoms with Crippen molar-refractivity contribution in [3.05, 3.63) is 15.6 Å². The molecule has 118 valence electrons. The van der Waals surface area contributed by atoms with Crippen molar-refractivity contribution in [2.24, 2.45) is 0 Å². The third kappa shape index (κ3) is 4.23. The Labute approximate surface area is 137 Å². The Morgan fingerprint density at radius 1 is 1.24 bits per heavy atom.